The van der Waals surface area contributed by atoms with E-state index in [1.165, 1.54) is 4.90 Å². The summed E-state index contributed by atoms with van der Waals surface area (Å²) in [5.41, 5.74) is 1.72. The first kappa shape index (κ1) is 18.2. The van der Waals surface area contributed by atoms with E-state index in [1.807, 2.05) is 19.1 Å². The van der Waals surface area contributed by atoms with E-state index in [9.17, 15) is 9.59 Å². The molecule has 1 aromatic carbocycles. The van der Waals surface area contributed by atoms with Crippen LogP contribution in [0.4, 0.5) is 0 Å². The van der Waals surface area contributed by atoms with Gasteiger partial charge in [0.15, 0.2) is 0 Å². The highest BCUT2D eigenvalue weighted by atomic mass is 16.3. The molecule has 0 heterocycles. The monoisotopic (exact) mass is 306 g/mol. The minimum atomic E-state index is -0.270. The molecule has 0 radical (unpaired) electrons. The lowest BCUT2D eigenvalue weighted by molar-refractivity contribution is -0.130. The Balaban J connectivity index is 2.60. The van der Waals surface area contributed by atoms with Gasteiger partial charge in [0.2, 0.25) is 5.91 Å². The second-order valence-corrected chi connectivity index (χ2v) is 6.21. The highest BCUT2D eigenvalue weighted by Crippen LogP contribution is 2.22. The lowest BCUT2D eigenvalue weighted by atomic mass is 9.87. The Morgan fingerprint density at radius 1 is 1.18 bits per heavy atom. The Kier molecular flexibility index (Phi) is 6.56. The smallest absolute Gasteiger partial charge is 0.251 e. The number of rotatable bonds is 6. The van der Waals surface area contributed by atoms with Gasteiger partial charge in [0.1, 0.15) is 0 Å². The molecule has 1 aromatic rings. The maximum Gasteiger partial charge on any atom is 0.251 e. The normalized spacial score (nSPS) is 11.1. The number of carbonyl (C=O) groups is 2. The highest BCUT2D eigenvalue weighted by molar-refractivity contribution is 5.96. The molecule has 0 fully saturated rings. The molecule has 0 bridgehead atoms. The number of likely N-dealkylation sites (N-methyl/N-ethyl adjacent to an activating group) is 1. The molecule has 5 heteroatoms. The number of aliphatic hydroxyl groups excluding tert-OH is 1. The standard InChI is InChI=1S/C17H26N2O3/c1-5-19(10-11-20)15(21)12-18-16(22)13-6-8-14(9-7-13)17(2,3)4/h6-9,20H,5,10-12H2,1-4H3,(H,18,22). The third kappa shape index (κ3) is 5.15. The number of benzene rings is 1. The summed E-state index contributed by atoms with van der Waals surface area (Å²) in [5, 5.41) is 11.5. The number of nitrogens with one attached hydrogen (secondary N) is 1. The quantitative estimate of drug-likeness (QED) is 0.838. The molecule has 22 heavy (non-hydrogen) atoms. The van der Waals surface area contributed by atoms with Crippen molar-refractivity contribution in [2.75, 3.05) is 26.2 Å². The van der Waals surface area contributed by atoms with Crippen LogP contribution in [0.15, 0.2) is 24.3 Å². The van der Waals surface area contributed by atoms with Crippen molar-refractivity contribution >= 4 is 11.8 Å². The molecule has 5 nitrogen and oxygen atoms in total. The lowest BCUT2D eigenvalue weighted by Gasteiger charge is -2.20. The van der Waals surface area contributed by atoms with Crippen LogP contribution in [-0.2, 0) is 10.2 Å². The Labute approximate surface area is 132 Å². The fourth-order valence-electron chi connectivity index (χ4n) is 2.07. The molecule has 2 amide bonds. The largest absolute Gasteiger partial charge is 0.395 e. The van der Waals surface area contributed by atoms with Gasteiger partial charge in [-0.3, -0.25) is 9.59 Å². The van der Waals surface area contributed by atoms with Gasteiger partial charge >= 0.3 is 0 Å². The van der Waals surface area contributed by atoms with Gasteiger partial charge in [-0.15, -0.1) is 0 Å². The molecule has 0 saturated heterocycles. The van der Waals surface area contributed by atoms with Gasteiger partial charge in [-0.05, 0) is 30.0 Å². The van der Waals surface area contributed by atoms with Crippen LogP contribution < -0.4 is 5.32 Å². The Hall–Kier alpha value is -1.88. The molecule has 0 aliphatic rings. The molecule has 0 saturated carbocycles. The lowest BCUT2D eigenvalue weighted by Crippen LogP contribution is -2.41. The predicted molar refractivity (Wildman–Crippen MR) is 86.8 cm³/mol. The van der Waals surface area contributed by atoms with Crippen molar-refractivity contribution in [1.82, 2.24) is 10.2 Å². The van der Waals surface area contributed by atoms with Crippen LogP contribution in [0.2, 0.25) is 0 Å². The maximum absolute atomic E-state index is 12.0. The Bertz CT molecular complexity index is 504. The van der Waals surface area contributed by atoms with Gasteiger partial charge in [-0.25, -0.2) is 0 Å². The van der Waals surface area contributed by atoms with Gasteiger partial charge < -0.3 is 15.3 Å². The average Bonchev–Trinajstić information content (AvgIpc) is 2.49. The van der Waals surface area contributed by atoms with Crippen molar-refractivity contribution in [3.63, 3.8) is 0 Å². The molecular formula is C17H26N2O3. The molecule has 0 aliphatic heterocycles. The highest BCUT2D eigenvalue weighted by Gasteiger charge is 2.15. The van der Waals surface area contributed by atoms with Crippen LogP contribution in [-0.4, -0.2) is 48.1 Å². The van der Waals surface area contributed by atoms with Crippen LogP contribution in [0.5, 0.6) is 0 Å². The van der Waals surface area contributed by atoms with Gasteiger partial charge in [0.25, 0.3) is 5.91 Å². The molecule has 0 aromatic heterocycles. The zero-order valence-corrected chi connectivity index (χ0v) is 13.8. The molecule has 0 aliphatic carbocycles. The summed E-state index contributed by atoms with van der Waals surface area (Å²) in [5.74, 6) is -0.468. The van der Waals surface area contributed by atoms with E-state index in [2.05, 4.69) is 26.1 Å². The van der Waals surface area contributed by atoms with Crippen molar-refractivity contribution in [2.24, 2.45) is 0 Å². The summed E-state index contributed by atoms with van der Waals surface area (Å²) in [6, 6.07) is 7.40. The van der Waals surface area contributed by atoms with Crippen molar-refractivity contribution in [1.29, 1.82) is 0 Å². The zero-order valence-electron chi connectivity index (χ0n) is 13.8. The van der Waals surface area contributed by atoms with Crippen LogP contribution in [0.25, 0.3) is 0 Å². The summed E-state index contributed by atoms with van der Waals surface area (Å²) in [4.78, 5) is 25.4. The average molecular weight is 306 g/mol. The summed E-state index contributed by atoms with van der Waals surface area (Å²) >= 11 is 0. The Morgan fingerprint density at radius 3 is 2.23 bits per heavy atom. The third-order valence-corrected chi connectivity index (χ3v) is 3.52. The number of aliphatic hydroxyl groups is 1. The van der Waals surface area contributed by atoms with Crippen LogP contribution >= 0.6 is 0 Å². The van der Waals surface area contributed by atoms with E-state index >= 15 is 0 Å². The first-order chi connectivity index (χ1) is 10.3. The summed E-state index contributed by atoms with van der Waals surface area (Å²) < 4.78 is 0. The maximum atomic E-state index is 12.0. The molecule has 0 unspecified atom stereocenters. The van der Waals surface area contributed by atoms with E-state index in [0.29, 0.717) is 12.1 Å². The molecular weight excluding hydrogens is 280 g/mol. The molecule has 122 valence electrons. The van der Waals surface area contributed by atoms with Crippen molar-refractivity contribution < 1.29 is 14.7 Å². The number of nitrogens with zero attached hydrogens (tertiary/aromatic N) is 1. The summed E-state index contributed by atoms with van der Waals surface area (Å²) in [7, 11) is 0. The van der Waals surface area contributed by atoms with Gasteiger partial charge in [0, 0.05) is 18.7 Å². The number of amides is 2. The second kappa shape index (κ2) is 7.94. The Morgan fingerprint density at radius 2 is 1.77 bits per heavy atom. The van der Waals surface area contributed by atoms with E-state index < -0.39 is 0 Å². The third-order valence-electron chi connectivity index (χ3n) is 3.52. The van der Waals surface area contributed by atoms with Gasteiger partial charge in [0.05, 0.1) is 13.2 Å². The molecule has 1 rings (SSSR count). The van der Waals surface area contributed by atoms with E-state index in [-0.39, 0.29) is 36.9 Å². The van der Waals surface area contributed by atoms with Crippen molar-refractivity contribution in [3.05, 3.63) is 35.4 Å². The van der Waals surface area contributed by atoms with Crippen molar-refractivity contribution in [3.8, 4) is 0 Å². The van der Waals surface area contributed by atoms with Crippen LogP contribution in [0.1, 0.15) is 43.6 Å². The predicted octanol–water partition coefficient (Wildman–Crippen LogP) is 1.55. The second-order valence-electron chi connectivity index (χ2n) is 6.21. The molecule has 2 N–H and O–H groups in total. The topological polar surface area (TPSA) is 69.6 Å². The first-order valence-electron chi connectivity index (χ1n) is 7.57. The van der Waals surface area contributed by atoms with Crippen molar-refractivity contribution in [2.45, 2.75) is 33.1 Å². The molecule has 0 atom stereocenters. The van der Waals surface area contributed by atoms with E-state index in [4.69, 9.17) is 5.11 Å². The molecule has 0 spiro atoms. The van der Waals surface area contributed by atoms with Crippen LogP contribution in [0.3, 0.4) is 0 Å². The van der Waals surface area contributed by atoms with E-state index in [0.717, 1.165) is 5.56 Å². The summed E-state index contributed by atoms with van der Waals surface area (Å²) in [6.45, 7) is 8.82. The summed E-state index contributed by atoms with van der Waals surface area (Å²) in [6.07, 6.45) is 0. The van der Waals surface area contributed by atoms with E-state index in [1.54, 1.807) is 12.1 Å². The zero-order chi connectivity index (χ0) is 16.8. The number of hydrogen-bond donors (Lipinski definition) is 2. The number of carbonyl (C=O) groups excluding carboxylic acids is 2. The SMILES string of the molecule is CCN(CCO)C(=O)CNC(=O)c1ccc(C(C)(C)C)cc1. The fraction of sp³-hybridized carbons (Fsp3) is 0.529. The van der Waals surface area contributed by atoms with Gasteiger partial charge in [-0.1, -0.05) is 32.9 Å². The van der Waals surface area contributed by atoms with Crippen LogP contribution in [0, 0.1) is 0 Å². The first-order valence-corrected chi connectivity index (χ1v) is 7.57. The minimum Gasteiger partial charge on any atom is -0.395 e. The van der Waals surface area contributed by atoms with Gasteiger partial charge in [-0.2, -0.15) is 0 Å². The number of hydrogen-bond acceptors (Lipinski definition) is 3. The fourth-order valence-corrected chi connectivity index (χ4v) is 2.07. The minimum absolute atomic E-state index is 0.0386.